The SMILES string of the molecule is CCNC(Cc1cncs1)c1sccc1CC. The average Bonchev–Trinajstić information content (AvgIpc) is 2.98. The fraction of sp³-hybridized carbons (Fsp3) is 0.462. The van der Waals surface area contributed by atoms with E-state index in [1.807, 2.05) is 23.0 Å². The summed E-state index contributed by atoms with van der Waals surface area (Å²) in [5, 5.41) is 5.79. The lowest BCUT2D eigenvalue weighted by molar-refractivity contribution is 0.558. The highest BCUT2D eigenvalue weighted by Crippen LogP contribution is 2.28. The highest BCUT2D eigenvalue weighted by Gasteiger charge is 2.16. The Morgan fingerprint density at radius 3 is 2.88 bits per heavy atom. The van der Waals surface area contributed by atoms with Crippen LogP contribution in [0, 0.1) is 0 Å². The summed E-state index contributed by atoms with van der Waals surface area (Å²) in [6, 6.07) is 2.69. The Kier molecular flexibility index (Phi) is 4.71. The summed E-state index contributed by atoms with van der Waals surface area (Å²) < 4.78 is 0. The summed E-state index contributed by atoms with van der Waals surface area (Å²) in [5.74, 6) is 0. The van der Waals surface area contributed by atoms with E-state index in [1.54, 1.807) is 11.3 Å². The summed E-state index contributed by atoms with van der Waals surface area (Å²) in [6.07, 6.45) is 4.14. The van der Waals surface area contributed by atoms with Gasteiger partial charge in [-0.3, -0.25) is 4.98 Å². The molecular weight excluding hydrogens is 248 g/mol. The van der Waals surface area contributed by atoms with Gasteiger partial charge in [0, 0.05) is 28.4 Å². The zero-order chi connectivity index (χ0) is 12.1. The smallest absolute Gasteiger partial charge is 0.0794 e. The van der Waals surface area contributed by atoms with Gasteiger partial charge >= 0.3 is 0 Å². The van der Waals surface area contributed by atoms with Crippen molar-refractivity contribution in [1.29, 1.82) is 0 Å². The number of hydrogen-bond acceptors (Lipinski definition) is 4. The molecule has 0 aliphatic rings. The normalized spacial score (nSPS) is 12.8. The lowest BCUT2D eigenvalue weighted by Gasteiger charge is -2.17. The number of hydrogen-bond donors (Lipinski definition) is 1. The standard InChI is InChI=1S/C13H18N2S2/c1-3-10-5-6-16-13(10)12(15-4-2)7-11-8-14-9-17-11/h5-6,8-9,12,15H,3-4,7H2,1-2H3. The number of thiazole rings is 1. The van der Waals surface area contributed by atoms with E-state index in [4.69, 9.17) is 0 Å². The van der Waals surface area contributed by atoms with Gasteiger partial charge in [0.05, 0.1) is 5.51 Å². The first-order valence-electron chi connectivity index (χ1n) is 6.02. The minimum Gasteiger partial charge on any atom is -0.309 e. The second kappa shape index (κ2) is 6.28. The average molecular weight is 266 g/mol. The lowest BCUT2D eigenvalue weighted by Crippen LogP contribution is -2.22. The molecule has 1 unspecified atom stereocenters. The first-order valence-corrected chi connectivity index (χ1v) is 7.78. The van der Waals surface area contributed by atoms with Gasteiger partial charge in [-0.1, -0.05) is 13.8 Å². The molecule has 0 saturated heterocycles. The van der Waals surface area contributed by atoms with Gasteiger partial charge in [0.2, 0.25) is 0 Å². The van der Waals surface area contributed by atoms with Crippen molar-refractivity contribution in [1.82, 2.24) is 10.3 Å². The number of thiophene rings is 1. The number of nitrogens with one attached hydrogen (secondary N) is 1. The highest BCUT2D eigenvalue weighted by molar-refractivity contribution is 7.10. The second-order valence-corrected chi connectivity index (χ2v) is 5.86. The summed E-state index contributed by atoms with van der Waals surface area (Å²) in [7, 11) is 0. The van der Waals surface area contributed by atoms with E-state index in [0.717, 1.165) is 19.4 Å². The molecule has 1 atom stereocenters. The van der Waals surface area contributed by atoms with Gasteiger partial charge in [0.1, 0.15) is 0 Å². The summed E-state index contributed by atoms with van der Waals surface area (Å²) in [4.78, 5) is 7.00. The molecule has 4 heteroatoms. The van der Waals surface area contributed by atoms with Crippen LogP contribution >= 0.6 is 22.7 Å². The van der Waals surface area contributed by atoms with Crippen molar-refractivity contribution >= 4 is 22.7 Å². The highest BCUT2D eigenvalue weighted by atomic mass is 32.1. The Hall–Kier alpha value is -0.710. The Bertz CT molecular complexity index is 434. The number of rotatable bonds is 6. The van der Waals surface area contributed by atoms with Crippen LogP contribution in [0.25, 0.3) is 0 Å². The Morgan fingerprint density at radius 1 is 1.35 bits per heavy atom. The van der Waals surface area contributed by atoms with E-state index in [1.165, 1.54) is 15.3 Å². The molecule has 2 rings (SSSR count). The van der Waals surface area contributed by atoms with Gasteiger partial charge in [-0.05, 0) is 30.0 Å². The van der Waals surface area contributed by atoms with Gasteiger partial charge in [-0.25, -0.2) is 0 Å². The van der Waals surface area contributed by atoms with E-state index < -0.39 is 0 Å². The Balaban J connectivity index is 2.16. The molecule has 0 spiro atoms. The van der Waals surface area contributed by atoms with Crippen molar-refractivity contribution < 1.29 is 0 Å². The first-order chi connectivity index (χ1) is 8.35. The molecule has 0 aliphatic heterocycles. The first kappa shape index (κ1) is 12.7. The topological polar surface area (TPSA) is 24.9 Å². The van der Waals surface area contributed by atoms with Crippen molar-refractivity contribution in [3.05, 3.63) is 38.5 Å². The van der Waals surface area contributed by atoms with Gasteiger partial charge in [-0.15, -0.1) is 22.7 Å². The largest absolute Gasteiger partial charge is 0.309 e. The zero-order valence-corrected chi connectivity index (χ0v) is 11.9. The maximum atomic E-state index is 4.15. The number of aryl methyl sites for hydroxylation is 1. The van der Waals surface area contributed by atoms with Crippen LogP contribution in [-0.4, -0.2) is 11.5 Å². The van der Waals surface area contributed by atoms with Crippen molar-refractivity contribution in [3.8, 4) is 0 Å². The molecule has 0 radical (unpaired) electrons. The second-order valence-electron chi connectivity index (χ2n) is 3.95. The van der Waals surface area contributed by atoms with Gasteiger partial charge in [0.25, 0.3) is 0 Å². The molecule has 0 saturated carbocycles. The number of likely N-dealkylation sites (N-methyl/N-ethyl adjacent to an activating group) is 1. The van der Waals surface area contributed by atoms with Crippen LogP contribution in [0.2, 0.25) is 0 Å². The van der Waals surface area contributed by atoms with E-state index in [-0.39, 0.29) is 0 Å². The van der Waals surface area contributed by atoms with Gasteiger partial charge in [0.15, 0.2) is 0 Å². The summed E-state index contributed by atoms with van der Waals surface area (Å²) in [5.41, 5.74) is 3.39. The van der Waals surface area contributed by atoms with Crippen LogP contribution < -0.4 is 5.32 Å². The Labute approximate surface area is 111 Å². The van der Waals surface area contributed by atoms with E-state index in [2.05, 4.69) is 35.6 Å². The van der Waals surface area contributed by atoms with Crippen LogP contribution in [0.1, 0.15) is 35.2 Å². The molecule has 92 valence electrons. The third-order valence-corrected chi connectivity index (χ3v) is 4.69. The monoisotopic (exact) mass is 266 g/mol. The van der Waals surface area contributed by atoms with Crippen LogP contribution in [-0.2, 0) is 12.8 Å². The van der Waals surface area contributed by atoms with Gasteiger partial charge in [-0.2, -0.15) is 0 Å². The molecule has 0 amide bonds. The molecule has 2 aromatic heterocycles. The van der Waals surface area contributed by atoms with E-state index in [0.29, 0.717) is 6.04 Å². The number of nitrogens with zero attached hydrogens (tertiary/aromatic N) is 1. The molecule has 2 nitrogen and oxygen atoms in total. The molecule has 2 aromatic rings. The van der Waals surface area contributed by atoms with Crippen LogP contribution in [0.3, 0.4) is 0 Å². The molecule has 17 heavy (non-hydrogen) atoms. The zero-order valence-electron chi connectivity index (χ0n) is 10.3. The fourth-order valence-corrected chi connectivity index (χ4v) is 3.71. The third kappa shape index (κ3) is 3.15. The minimum atomic E-state index is 0.440. The molecule has 1 N–H and O–H groups in total. The maximum Gasteiger partial charge on any atom is 0.0794 e. The van der Waals surface area contributed by atoms with Crippen molar-refractivity contribution in [2.75, 3.05) is 6.54 Å². The lowest BCUT2D eigenvalue weighted by atomic mass is 10.1. The Morgan fingerprint density at radius 2 is 2.24 bits per heavy atom. The maximum absolute atomic E-state index is 4.15. The van der Waals surface area contributed by atoms with E-state index >= 15 is 0 Å². The quantitative estimate of drug-likeness (QED) is 0.863. The van der Waals surface area contributed by atoms with Crippen molar-refractivity contribution in [2.45, 2.75) is 32.7 Å². The van der Waals surface area contributed by atoms with Crippen molar-refractivity contribution in [3.63, 3.8) is 0 Å². The molecular formula is C13H18N2S2. The van der Waals surface area contributed by atoms with Crippen LogP contribution in [0.4, 0.5) is 0 Å². The predicted molar refractivity (Wildman–Crippen MR) is 75.9 cm³/mol. The number of aromatic nitrogens is 1. The third-order valence-electron chi connectivity index (χ3n) is 2.82. The van der Waals surface area contributed by atoms with E-state index in [9.17, 15) is 0 Å². The predicted octanol–water partition coefficient (Wildman–Crippen LogP) is 3.66. The summed E-state index contributed by atoms with van der Waals surface area (Å²) in [6.45, 7) is 5.39. The van der Waals surface area contributed by atoms with Crippen LogP contribution in [0.5, 0.6) is 0 Å². The molecule has 0 aliphatic carbocycles. The molecule has 2 heterocycles. The van der Waals surface area contributed by atoms with Crippen LogP contribution in [0.15, 0.2) is 23.2 Å². The molecule has 0 aromatic carbocycles. The minimum absolute atomic E-state index is 0.440. The molecule has 0 bridgehead atoms. The van der Waals surface area contributed by atoms with Crippen molar-refractivity contribution in [2.24, 2.45) is 0 Å². The molecule has 0 fully saturated rings. The summed E-state index contributed by atoms with van der Waals surface area (Å²) >= 11 is 3.61. The fourth-order valence-electron chi connectivity index (χ4n) is 1.99. The van der Waals surface area contributed by atoms with Gasteiger partial charge < -0.3 is 5.32 Å².